The first-order valence-electron chi connectivity index (χ1n) is 10.4. The van der Waals surface area contributed by atoms with Crippen molar-refractivity contribution in [3.63, 3.8) is 0 Å². The van der Waals surface area contributed by atoms with Crippen molar-refractivity contribution in [2.45, 2.75) is 56.4 Å². The molecule has 0 radical (unpaired) electrons. The van der Waals surface area contributed by atoms with Gasteiger partial charge >= 0.3 is 0 Å². The van der Waals surface area contributed by atoms with Gasteiger partial charge in [-0.05, 0) is 56.2 Å². The summed E-state index contributed by atoms with van der Waals surface area (Å²) in [5.74, 6) is 0.926. The molecule has 2 N–H and O–H groups in total. The Morgan fingerprint density at radius 1 is 1.23 bits per heavy atom. The van der Waals surface area contributed by atoms with Gasteiger partial charge in [0.1, 0.15) is 11.9 Å². The van der Waals surface area contributed by atoms with E-state index in [2.05, 4.69) is 25.5 Å². The number of pyridine rings is 1. The molecule has 1 aromatic carbocycles. The van der Waals surface area contributed by atoms with Crippen LogP contribution in [0.15, 0.2) is 36.8 Å². The number of hydrogen-bond donors (Lipinski definition) is 2. The van der Waals surface area contributed by atoms with Gasteiger partial charge in [0.25, 0.3) is 0 Å². The van der Waals surface area contributed by atoms with E-state index in [0.717, 1.165) is 36.5 Å². The van der Waals surface area contributed by atoms with Crippen LogP contribution in [0, 0.1) is 0 Å². The van der Waals surface area contributed by atoms with Crippen LogP contribution >= 0.6 is 0 Å². The Morgan fingerprint density at radius 3 is 2.90 bits per heavy atom. The van der Waals surface area contributed by atoms with Crippen LogP contribution in [0.4, 0.5) is 10.2 Å². The molecule has 0 amide bonds. The van der Waals surface area contributed by atoms with Gasteiger partial charge in [-0.2, -0.15) is 0 Å². The van der Waals surface area contributed by atoms with Crippen molar-refractivity contribution in [1.82, 2.24) is 25.5 Å². The van der Waals surface area contributed by atoms with E-state index in [1.165, 1.54) is 0 Å². The SMILES string of the molecule is CN(c1cnc(-c2cc3ccncc3cc2O)nn1)[C@@H]1CC2CCC[C@](C)(N2)[C@H]1F. The third-order valence-electron chi connectivity index (χ3n) is 6.66. The van der Waals surface area contributed by atoms with Gasteiger partial charge < -0.3 is 15.3 Å². The number of benzene rings is 1. The van der Waals surface area contributed by atoms with Gasteiger partial charge in [0.15, 0.2) is 11.6 Å². The maximum absolute atomic E-state index is 15.4. The Hall–Kier alpha value is -2.87. The van der Waals surface area contributed by atoms with E-state index >= 15 is 4.39 Å². The molecule has 2 aromatic heterocycles. The zero-order valence-corrected chi connectivity index (χ0v) is 17.1. The number of alkyl halides is 1. The van der Waals surface area contributed by atoms with Crippen LogP contribution in [0.3, 0.4) is 0 Å². The molecule has 2 saturated heterocycles. The van der Waals surface area contributed by atoms with E-state index in [1.54, 1.807) is 24.7 Å². The van der Waals surface area contributed by atoms with Crippen molar-refractivity contribution in [3.8, 4) is 17.1 Å². The molecule has 7 nitrogen and oxygen atoms in total. The van der Waals surface area contributed by atoms with E-state index in [9.17, 15) is 5.11 Å². The first kappa shape index (κ1) is 19.1. The Labute approximate surface area is 174 Å². The van der Waals surface area contributed by atoms with Gasteiger partial charge in [0, 0.05) is 36.4 Å². The third-order valence-corrected chi connectivity index (χ3v) is 6.66. The van der Waals surface area contributed by atoms with Crippen LogP contribution in [0.25, 0.3) is 22.2 Å². The zero-order valence-electron chi connectivity index (χ0n) is 17.1. The fourth-order valence-corrected chi connectivity index (χ4v) is 4.94. The molecule has 1 unspecified atom stereocenters. The molecule has 3 aromatic rings. The summed E-state index contributed by atoms with van der Waals surface area (Å²) in [7, 11) is 1.85. The summed E-state index contributed by atoms with van der Waals surface area (Å²) in [5, 5.41) is 24.2. The number of halogens is 1. The van der Waals surface area contributed by atoms with E-state index < -0.39 is 11.7 Å². The minimum Gasteiger partial charge on any atom is -0.507 e. The number of rotatable bonds is 3. The highest BCUT2D eigenvalue weighted by Gasteiger charge is 2.49. The minimum atomic E-state index is -1.00. The number of aromatic nitrogens is 4. The van der Waals surface area contributed by atoms with Crippen LogP contribution in [0.5, 0.6) is 5.75 Å². The molecule has 8 heteroatoms. The number of piperidine rings is 2. The molecule has 2 fully saturated rings. The van der Waals surface area contributed by atoms with Crippen molar-refractivity contribution < 1.29 is 9.50 Å². The van der Waals surface area contributed by atoms with E-state index in [0.29, 0.717) is 23.2 Å². The molecule has 156 valence electrons. The quantitative estimate of drug-likeness (QED) is 0.688. The lowest BCUT2D eigenvalue weighted by Crippen LogP contribution is -2.68. The Balaban J connectivity index is 1.42. The van der Waals surface area contributed by atoms with Crippen molar-refractivity contribution in [2.75, 3.05) is 11.9 Å². The average molecular weight is 408 g/mol. The molecule has 2 aliphatic rings. The van der Waals surface area contributed by atoms with Crippen molar-refractivity contribution in [3.05, 3.63) is 36.8 Å². The molecular formula is C22H25FN6O. The highest BCUT2D eigenvalue weighted by Crippen LogP contribution is 2.38. The Bertz CT molecular complexity index is 1080. The van der Waals surface area contributed by atoms with Crippen LogP contribution in [0.2, 0.25) is 0 Å². The molecular weight excluding hydrogens is 383 g/mol. The smallest absolute Gasteiger partial charge is 0.185 e. The fourth-order valence-electron chi connectivity index (χ4n) is 4.94. The molecule has 2 aliphatic heterocycles. The van der Waals surface area contributed by atoms with Gasteiger partial charge in [-0.15, -0.1) is 10.2 Å². The summed E-state index contributed by atoms with van der Waals surface area (Å²) in [5.41, 5.74) is 0.00906. The first-order chi connectivity index (χ1) is 14.4. The lowest BCUT2D eigenvalue weighted by Gasteiger charge is -2.52. The van der Waals surface area contributed by atoms with E-state index in [4.69, 9.17) is 0 Å². The second-order valence-corrected chi connectivity index (χ2v) is 8.70. The Kier molecular flexibility index (Phi) is 4.54. The topological polar surface area (TPSA) is 87.1 Å². The Morgan fingerprint density at radius 2 is 2.10 bits per heavy atom. The largest absolute Gasteiger partial charge is 0.507 e. The van der Waals surface area contributed by atoms with Gasteiger partial charge in [0.05, 0.1) is 17.8 Å². The van der Waals surface area contributed by atoms with Gasteiger partial charge in [-0.25, -0.2) is 9.37 Å². The van der Waals surface area contributed by atoms with Gasteiger partial charge in [0.2, 0.25) is 0 Å². The van der Waals surface area contributed by atoms with Gasteiger partial charge in [-0.1, -0.05) is 0 Å². The third kappa shape index (κ3) is 3.15. The van der Waals surface area contributed by atoms with Crippen LogP contribution in [-0.2, 0) is 0 Å². The fraction of sp³-hybridized carbons (Fsp3) is 0.455. The number of aromatic hydroxyl groups is 1. The summed E-state index contributed by atoms with van der Waals surface area (Å²) in [6, 6.07) is 5.38. The summed E-state index contributed by atoms with van der Waals surface area (Å²) in [6.45, 7) is 1.98. The van der Waals surface area contributed by atoms with E-state index in [-0.39, 0.29) is 11.8 Å². The van der Waals surface area contributed by atoms with Crippen molar-refractivity contribution in [1.29, 1.82) is 0 Å². The molecule has 2 bridgehead atoms. The maximum atomic E-state index is 15.4. The summed E-state index contributed by atoms with van der Waals surface area (Å²) >= 11 is 0. The van der Waals surface area contributed by atoms with Crippen molar-refractivity contribution in [2.24, 2.45) is 0 Å². The monoisotopic (exact) mass is 408 g/mol. The first-order valence-corrected chi connectivity index (χ1v) is 10.4. The number of hydrogen-bond acceptors (Lipinski definition) is 7. The summed E-state index contributed by atoms with van der Waals surface area (Å²) in [4.78, 5) is 10.3. The molecule has 4 atom stereocenters. The molecule has 0 spiro atoms. The lowest BCUT2D eigenvalue weighted by molar-refractivity contribution is 0.0405. The standard InChI is InChI=1S/C22H25FN6O/c1-22-6-3-4-15(26-22)10-17(20(22)23)29(2)19-12-25-21(28-27-19)16-8-13-5-7-24-11-14(13)9-18(16)30/h5,7-9,11-12,15,17,20,26,30H,3-4,6,10H2,1-2H3/t15?,17-,20+,22+/m1/s1. The normalized spacial score (nSPS) is 28.4. The average Bonchev–Trinajstić information content (AvgIpc) is 2.75. The molecule has 0 aliphatic carbocycles. The number of phenols is 1. The maximum Gasteiger partial charge on any atom is 0.185 e. The van der Waals surface area contributed by atoms with Crippen LogP contribution in [0.1, 0.15) is 32.6 Å². The van der Waals surface area contributed by atoms with Crippen molar-refractivity contribution >= 4 is 16.6 Å². The number of nitrogens with zero attached hydrogens (tertiary/aromatic N) is 5. The number of nitrogens with one attached hydrogen (secondary N) is 1. The number of fused-ring (bicyclic) bond motifs is 3. The lowest BCUT2D eigenvalue weighted by atomic mass is 9.73. The second kappa shape index (κ2) is 7.12. The number of anilines is 1. The minimum absolute atomic E-state index is 0.0707. The number of phenolic OH excluding ortho intramolecular Hbond substituents is 1. The van der Waals surface area contributed by atoms with Crippen LogP contribution in [-0.4, -0.2) is 56.1 Å². The predicted octanol–water partition coefficient (Wildman–Crippen LogP) is 3.24. The molecule has 0 saturated carbocycles. The molecule has 30 heavy (non-hydrogen) atoms. The molecule has 4 heterocycles. The zero-order chi connectivity index (χ0) is 20.9. The van der Waals surface area contributed by atoms with E-state index in [1.807, 2.05) is 31.0 Å². The van der Waals surface area contributed by atoms with Crippen LogP contribution < -0.4 is 10.2 Å². The molecule has 5 rings (SSSR count). The predicted molar refractivity (Wildman–Crippen MR) is 113 cm³/mol. The highest BCUT2D eigenvalue weighted by molar-refractivity contribution is 5.88. The van der Waals surface area contributed by atoms with Gasteiger partial charge in [-0.3, -0.25) is 4.98 Å². The summed E-state index contributed by atoms with van der Waals surface area (Å²) < 4.78 is 15.4. The highest BCUT2D eigenvalue weighted by atomic mass is 19.1. The summed E-state index contributed by atoms with van der Waals surface area (Å²) in [6.07, 6.45) is 7.70. The second-order valence-electron chi connectivity index (χ2n) is 8.70.